The molecule has 3 nitrogen and oxygen atoms in total. The van der Waals surface area contributed by atoms with Crippen molar-refractivity contribution < 1.29 is 4.74 Å². The van der Waals surface area contributed by atoms with Crippen LogP contribution in [0.1, 0.15) is 29.6 Å². The van der Waals surface area contributed by atoms with Gasteiger partial charge in [0.1, 0.15) is 5.75 Å². The lowest BCUT2D eigenvalue weighted by atomic mass is 10.1. The fraction of sp³-hybridized carbons (Fsp3) is 0.471. The highest BCUT2D eigenvalue weighted by atomic mass is 32.1. The molecule has 1 aromatic heterocycles. The van der Waals surface area contributed by atoms with E-state index in [0.29, 0.717) is 6.04 Å². The van der Waals surface area contributed by atoms with Crippen LogP contribution in [-0.4, -0.2) is 24.2 Å². The van der Waals surface area contributed by atoms with Crippen LogP contribution >= 0.6 is 11.3 Å². The van der Waals surface area contributed by atoms with Crippen LogP contribution in [0.25, 0.3) is 0 Å². The third kappa shape index (κ3) is 5.48. The van der Waals surface area contributed by atoms with Crippen molar-refractivity contribution in [3.8, 4) is 5.75 Å². The van der Waals surface area contributed by atoms with Crippen LogP contribution in [0.3, 0.4) is 0 Å². The molecule has 2 aromatic rings. The monoisotopic (exact) mass is 304 g/mol. The molecule has 0 spiro atoms. The van der Waals surface area contributed by atoms with E-state index in [9.17, 15) is 0 Å². The van der Waals surface area contributed by atoms with E-state index in [0.717, 1.165) is 36.8 Å². The number of thiazole rings is 1. The maximum Gasteiger partial charge on any atom is 0.119 e. The van der Waals surface area contributed by atoms with Crippen LogP contribution in [0.15, 0.2) is 29.6 Å². The van der Waals surface area contributed by atoms with Gasteiger partial charge in [0.25, 0.3) is 0 Å². The van der Waals surface area contributed by atoms with Gasteiger partial charge in [-0.15, -0.1) is 11.3 Å². The van der Waals surface area contributed by atoms with Gasteiger partial charge in [-0.05, 0) is 44.5 Å². The molecule has 114 valence electrons. The Balaban J connectivity index is 1.82. The lowest BCUT2D eigenvalue weighted by Crippen LogP contribution is -2.32. The number of hydrogen-bond acceptors (Lipinski definition) is 4. The lowest BCUT2D eigenvalue weighted by molar-refractivity contribution is 0.285. The fourth-order valence-corrected chi connectivity index (χ4v) is 2.97. The van der Waals surface area contributed by atoms with Gasteiger partial charge in [-0.25, -0.2) is 4.98 Å². The van der Waals surface area contributed by atoms with Crippen LogP contribution in [0, 0.1) is 13.8 Å². The highest BCUT2D eigenvalue weighted by Crippen LogP contribution is 2.14. The van der Waals surface area contributed by atoms with Crippen molar-refractivity contribution in [2.75, 3.05) is 13.2 Å². The highest BCUT2D eigenvalue weighted by Gasteiger charge is 2.11. The van der Waals surface area contributed by atoms with E-state index in [1.165, 1.54) is 11.3 Å². The number of rotatable bonds is 8. The summed E-state index contributed by atoms with van der Waals surface area (Å²) in [5, 5.41) is 6.81. The first-order valence-corrected chi connectivity index (χ1v) is 8.39. The van der Waals surface area contributed by atoms with Crippen molar-refractivity contribution in [1.29, 1.82) is 0 Å². The smallest absolute Gasteiger partial charge is 0.119 e. The van der Waals surface area contributed by atoms with Crippen LogP contribution < -0.4 is 10.1 Å². The van der Waals surface area contributed by atoms with Gasteiger partial charge in [0.15, 0.2) is 0 Å². The van der Waals surface area contributed by atoms with Crippen LogP contribution in [0.4, 0.5) is 0 Å². The van der Waals surface area contributed by atoms with E-state index in [4.69, 9.17) is 4.74 Å². The Bertz CT molecular complexity index is 553. The normalized spacial score (nSPS) is 12.3. The second-order valence-corrected chi connectivity index (χ2v) is 6.33. The summed E-state index contributed by atoms with van der Waals surface area (Å²) in [6, 6.07) is 8.62. The molecule has 4 heteroatoms. The van der Waals surface area contributed by atoms with Crippen molar-refractivity contribution in [2.45, 2.75) is 39.7 Å². The maximum absolute atomic E-state index is 5.85. The van der Waals surface area contributed by atoms with Crippen LogP contribution in [0.2, 0.25) is 0 Å². The Morgan fingerprint density at radius 1 is 1.33 bits per heavy atom. The zero-order valence-corrected chi connectivity index (χ0v) is 13.9. The van der Waals surface area contributed by atoms with E-state index >= 15 is 0 Å². The molecule has 0 aliphatic rings. The Kier molecular flexibility index (Phi) is 6.21. The molecule has 1 N–H and O–H groups in total. The molecule has 0 aliphatic carbocycles. The van der Waals surface area contributed by atoms with Gasteiger partial charge in [-0.2, -0.15) is 0 Å². The Morgan fingerprint density at radius 3 is 2.86 bits per heavy atom. The SMILES string of the molecule is CCNC(CCOc1cccc(C)c1)Cc1csc(C)n1. The number of benzene rings is 1. The second kappa shape index (κ2) is 8.15. The quantitative estimate of drug-likeness (QED) is 0.806. The highest BCUT2D eigenvalue weighted by molar-refractivity contribution is 7.09. The van der Waals surface area contributed by atoms with Gasteiger partial charge in [0.2, 0.25) is 0 Å². The number of ether oxygens (including phenoxy) is 1. The summed E-state index contributed by atoms with van der Waals surface area (Å²) >= 11 is 1.72. The van der Waals surface area contributed by atoms with Gasteiger partial charge in [-0.3, -0.25) is 0 Å². The molecule has 0 saturated carbocycles. The molecule has 2 rings (SSSR count). The van der Waals surface area contributed by atoms with Crippen LogP contribution in [0.5, 0.6) is 5.75 Å². The maximum atomic E-state index is 5.85. The average Bonchev–Trinajstić information content (AvgIpc) is 2.84. The molecule has 0 bridgehead atoms. The third-order valence-corrected chi connectivity index (χ3v) is 4.16. The number of likely N-dealkylation sites (N-methyl/N-ethyl adjacent to an activating group) is 1. The minimum Gasteiger partial charge on any atom is -0.494 e. The predicted molar refractivity (Wildman–Crippen MR) is 89.3 cm³/mol. The van der Waals surface area contributed by atoms with E-state index in [2.05, 4.69) is 48.6 Å². The predicted octanol–water partition coefficient (Wildman–Crippen LogP) is 3.75. The summed E-state index contributed by atoms with van der Waals surface area (Å²) in [7, 11) is 0. The van der Waals surface area contributed by atoms with E-state index in [-0.39, 0.29) is 0 Å². The lowest BCUT2D eigenvalue weighted by Gasteiger charge is -2.17. The number of aromatic nitrogens is 1. The molecular weight excluding hydrogens is 280 g/mol. The van der Waals surface area contributed by atoms with E-state index < -0.39 is 0 Å². The van der Waals surface area contributed by atoms with E-state index in [1.807, 2.05) is 12.1 Å². The van der Waals surface area contributed by atoms with Gasteiger partial charge < -0.3 is 10.1 Å². The summed E-state index contributed by atoms with van der Waals surface area (Å²) < 4.78 is 5.85. The minimum atomic E-state index is 0.418. The summed E-state index contributed by atoms with van der Waals surface area (Å²) in [6.45, 7) is 7.97. The Morgan fingerprint density at radius 2 is 2.19 bits per heavy atom. The first-order chi connectivity index (χ1) is 10.2. The summed E-state index contributed by atoms with van der Waals surface area (Å²) in [4.78, 5) is 4.55. The third-order valence-electron chi connectivity index (χ3n) is 3.34. The van der Waals surface area contributed by atoms with Crippen molar-refractivity contribution in [1.82, 2.24) is 10.3 Å². The van der Waals surface area contributed by atoms with Crippen molar-refractivity contribution >= 4 is 11.3 Å². The van der Waals surface area contributed by atoms with Gasteiger partial charge in [-0.1, -0.05) is 19.1 Å². The van der Waals surface area contributed by atoms with Crippen molar-refractivity contribution in [3.05, 3.63) is 45.9 Å². The zero-order chi connectivity index (χ0) is 15.1. The van der Waals surface area contributed by atoms with E-state index in [1.54, 1.807) is 11.3 Å². The van der Waals surface area contributed by atoms with Crippen molar-refractivity contribution in [2.24, 2.45) is 0 Å². The average molecular weight is 304 g/mol. The van der Waals surface area contributed by atoms with Gasteiger partial charge in [0, 0.05) is 17.8 Å². The number of nitrogens with zero attached hydrogens (tertiary/aromatic N) is 1. The Hall–Kier alpha value is -1.39. The number of hydrogen-bond donors (Lipinski definition) is 1. The fourth-order valence-electron chi connectivity index (χ4n) is 2.34. The first kappa shape index (κ1) is 16.0. The largest absolute Gasteiger partial charge is 0.494 e. The molecule has 21 heavy (non-hydrogen) atoms. The zero-order valence-electron chi connectivity index (χ0n) is 13.1. The summed E-state index contributed by atoms with van der Waals surface area (Å²) in [5.74, 6) is 0.953. The molecule has 1 heterocycles. The molecule has 0 amide bonds. The summed E-state index contributed by atoms with van der Waals surface area (Å²) in [6.07, 6.45) is 1.95. The standard InChI is InChI=1S/C17H24N2OS/c1-4-18-15(11-16-12-21-14(3)19-16)8-9-20-17-7-5-6-13(2)10-17/h5-7,10,12,15,18H,4,8-9,11H2,1-3H3. The second-order valence-electron chi connectivity index (χ2n) is 5.27. The molecular formula is C17H24N2OS. The van der Waals surface area contributed by atoms with Gasteiger partial charge in [0.05, 0.1) is 17.3 Å². The molecule has 0 aliphatic heterocycles. The molecule has 1 atom stereocenters. The number of nitrogens with one attached hydrogen (secondary N) is 1. The minimum absolute atomic E-state index is 0.418. The molecule has 0 saturated heterocycles. The van der Waals surface area contributed by atoms with Crippen molar-refractivity contribution in [3.63, 3.8) is 0 Å². The Labute approximate surface area is 131 Å². The molecule has 0 radical (unpaired) electrons. The van der Waals surface area contributed by atoms with Crippen LogP contribution in [-0.2, 0) is 6.42 Å². The topological polar surface area (TPSA) is 34.1 Å². The first-order valence-electron chi connectivity index (χ1n) is 7.51. The molecule has 1 unspecified atom stereocenters. The number of aryl methyl sites for hydroxylation is 2. The summed E-state index contributed by atoms with van der Waals surface area (Å²) in [5.41, 5.74) is 2.41. The molecule has 1 aromatic carbocycles. The van der Waals surface area contributed by atoms with Gasteiger partial charge >= 0.3 is 0 Å². The molecule has 0 fully saturated rings.